The molecule has 1 fully saturated rings. The van der Waals surface area contributed by atoms with Crippen LogP contribution in [-0.2, 0) is 11.3 Å². The summed E-state index contributed by atoms with van der Waals surface area (Å²) < 4.78 is 13.4. The van der Waals surface area contributed by atoms with Gasteiger partial charge in [0.05, 0.1) is 16.9 Å². The van der Waals surface area contributed by atoms with E-state index in [9.17, 15) is 19.1 Å². The first-order valence-electron chi connectivity index (χ1n) is 9.35. The second-order valence-corrected chi connectivity index (χ2v) is 6.83. The van der Waals surface area contributed by atoms with Crippen molar-refractivity contribution in [1.29, 1.82) is 0 Å². The number of carbonyl (C=O) groups is 2. The molecule has 2 aromatic carbocycles. The van der Waals surface area contributed by atoms with Crippen LogP contribution in [0.15, 0.2) is 42.5 Å². The molecule has 0 aromatic heterocycles. The molecular formula is C21H24FN3O3. The minimum absolute atomic E-state index is 0.139. The molecule has 7 heteroatoms. The van der Waals surface area contributed by atoms with Crippen LogP contribution in [0.25, 0.3) is 0 Å². The first kappa shape index (κ1) is 19.8. The minimum Gasteiger partial charge on any atom is -0.478 e. The van der Waals surface area contributed by atoms with Gasteiger partial charge in [0.1, 0.15) is 5.82 Å². The zero-order chi connectivity index (χ0) is 20.1. The van der Waals surface area contributed by atoms with Crippen molar-refractivity contribution in [3.63, 3.8) is 0 Å². The lowest BCUT2D eigenvalue weighted by Crippen LogP contribution is -2.46. The average Bonchev–Trinajstić information content (AvgIpc) is 2.68. The number of nitrogens with one attached hydrogen (secondary N) is 1. The third kappa shape index (κ3) is 4.86. The summed E-state index contributed by atoms with van der Waals surface area (Å²) in [5.41, 5.74) is 2.41. The van der Waals surface area contributed by atoms with Crippen LogP contribution in [0.4, 0.5) is 15.8 Å². The third-order valence-electron chi connectivity index (χ3n) is 4.85. The van der Waals surface area contributed by atoms with E-state index in [4.69, 9.17) is 0 Å². The van der Waals surface area contributed by atoms with E-state index in [-0.39, 0.29) is 17.3 Å². The van der Waals surface area contributed by atoms with E-state index >= 15 is 0 Å². The summed E-state index contributed by atoms with van der Waals surface area (Å²) in [5.74, 6) is -1.42. The molecule has 6 nitrogen and oxygen atoms in total. The lowest BCUT2D eigenvalue weighted by atomic mass is 10.1. The minimum atomic E-state index is -1.03. The standard InChI is InChI=1S/C21H24FN3O3/c1-2-20(26)23-18-13-16(21(27)28)6-7-19(18)25-10-8-24(9-11-25)14-15-4-3-5-17(22)12-15/h3-7,12-13H,2,8-11,14H2,1H3,(H,23,26)(H,27,28). The van der Waals surface area contributed by atoms with Crippen LogP contribution in [0.3, 0.4) is 0 Å². The Hall–Kier alpha value is -2.93. The Morgan fingerprint density at radius 3 is 2.50 bits per heavy atom. The Morgan fingerprint density at radius 1 is 1.11 bits per heavy atom. The van der Waals surface area contributed by atoms with Gasteiger partial charge in [-0.3, -0.25) is 9.69 Å². The SMILES string of the molecule is CCC(=O)Nc1cc(C(=O)O)ccc1N1CCN(Cc2cccc(F)c2)CC1. The molecule has 1 saturated heterocycles. The van der Waals surface area contributed by atoms with Crippen LogP contribution in [0, 0.1) is 5.82 Å². The Morgan fingerprint density at radius 2 is 1.86 bits per heavy atom. The average molecular weight is 385 g/mol. The summed E-state index contributed by atoms with van der Waals surface area (Å²) in [7, 11) is 0. The fourth-order valence-corrected chi connectivity index (χ4v) is 3.32. The van der Waals surface area contributed by atoms with Gasteiger partial charge in [-0.15, -0.1) is 0 Å². The molecule has 2 N–H and O–H groups in total. The Balaban J connectivity index is 1.70. The molecule has 28 heavy (non-hydrogen) atoms. The number of piperazine rings is 1. The summed E-state index contributed by atoms with van der Waals surface area (Å²) in [6.45, 7) is 5.48. The summed E-state index contributed by atoms with van der Waals surface area (Å²) in [4.78, 5) is 27.5. The van der Waals surface area contributed by atoms with Crippen LogP contribution in [0.5, 0.6) is 0 Å². The summed E-state index contributed by atoms with van der Waals surface area (Å²) in [6.07, 6.45) is 0.318. The van der Waals surface area contributed by atoms with Gasteiger partial charge in [0, 0.05) is 39.1 Å². The number of aromatic carboxylic acids is 1. The van der Waals surface area contributed by atoms with Crippen LogP contribution in [0.2, 0.25) is 0 Å². The molecule has 148 valence electrons. The highest BCUT2D eigenvalue weighted by molar-refractivity contribution is 5.97. The smallest absolute Gasteiger partial charge is 0.335 e. The predicted octanol–water partition coefficient (Wildman–Crippen LogP) is 3.19. The molecule has 0 unspecified atom stereocenters. The molecule has 3 rings (SSSR count). The van der Waals surface area contributed by atoms with Gasteiger partial charge in [-0.2, -0.15) is 0 Å². The van der Waals surface area contributed by atoms with Crippen LogP contribution >= 0.6 is 0 Å². The van der Waals surface area contributed by atoms with E-state index in [1.54, 1.807) is 31.2 Å². The number of nitrogens with zero attached hydrogens (tertiary/aromatic N) is 2. The maximum Gasteiger partial charge on any atom is 0.335 e. The van der Waals surface area contributed by atoms with Gasteiger partial charge in [0.15, 0.2) is 0 Å². The maximum absolute atomic E-state index is 13.4. The van der Waals surface area contributed by atoms with Crippen molar-refractivity contribution in [3.8, 4) is 0 Å². The number of halogens is 1. The Kier molecular flexibility index (Phi) is 6.26. The Bertz CT molecular complexity index is 864. The highest BCUT2D eigenvalue weighted by atomic mass is 19.1. The molecule has 1 aliphatic heterocycles. The molecule has 0 radical (unpaired) electrons. The number of rotatable bonds is 6. The molecule has 1 heterocycles. The number of carbonyl (C=O) groups excluding carboxylic acids is 1. The van der Waals surface area contributed by atoms with Crippen molar-refractivity contribution in [2.45, 2.75) is 19.9 Å². The van der Waals surface area contributed by atoms with E-state index in [0.717, 1.165) is 37.4 Å². The Labute approximate surface area is 163 Å². The van der Waals surface area contributed by atoms with E-state index < -0.39 is 5.97 Å². The number of anilines is 2. The van der Waals surface area contributed by atoms with E-state index in [0.29, 0.717) is 18.7 Å². The lowest BCUT2D eigenvalue weighted by Gasteiger charge is -2.37. The molecule has 0 saturated carbocycles. The van der Waals surface area contributed by atoms with Gasteiger partial charge < -0.3 is 15.3 Å². The molecule has 0 atom stereocenters. The first-order valence-corrected chi connectivity index (χ1v) is 9.35. The quantitative estimate of drug-likeness (QED) is 0.799. The second-order valence-electron chi connectivity index (χ2n) is 6.83. The van der Waals surface area contributed by atoms with Crippen molar-refractivity contribution in [1.82, 2.24) is 4.90 Å². The molecule has 0 aliphatic carbocycles. The highest BCUT2D eigenvalue weighted by Gasteiger charge is 2.21. The maximum atomic E-state index is 13.4. The van der Waals surface area contributed by atoms with E-state index in [2.05, 4.69) is 15.1 Å². The monoisotopic (exact) mass is 385 g/mol. The zero-order valence-electron chi connectivity index (χ0n) is 15.8. The fraction of sp³-hybridized carbons (Fsp3) is 0.333. The fourth-order valence-electron chi connectivity index (χ4n) is 3.32. The summed E-state index contributed by atoms with van der Waals surface area (Å²) in [6, 6.07) is 11.4. The van der Waals surface area contributed by atoms with Crippen molar-refractivity contribution in [2.75, 3.05) is 36.4 Å². The molecular weight excluding hydrogens is 361 g/mol. The molecule has 0 bridgehead atoms. The predicted molar refractivity (Wildman–Crippen MR) is 106 cm³/mol. The van der Waals surface area contributed by atoms with Crippen LogP contribution < -0.4 is 10.2 Å². The van der Waals surface area contributed by atoms with Crippen molar-refractivity contribution in [3.05, 3.63) is 59.4 Å². The number of carboxylic acid groups (broad SMARTS) is 1. The lowest BCUT2D eigenvalue weighted by molar-refractivity contribution is -0.115. The largest absolute Gasteiger partial charge is 0.478 e. The summed E-state index contributed by atoms with van der Waals surface area (Å²) in [5, 5.41) is 12.0. The second kappa shape index (κ2) is 8.84. The zero-order valence-corrected chi connectivity index (χ0v) is 15.8. The molecule has 1 amide bonds. The van der Waals surface area contributed by atoms with Crippen molar-refractivity contribution < 1.29 is 19.1 Å². The van der Waals surface area contributed by atoms with Crippen molar-refractivity contribution in [2.24, 2.45) is 0 Å². The van der Waals surface area contributed by atoms with Gasteiger partial charge in [0.25, 0.3) is 0 Å². The molecule has 1 aliphatic rings. The highest BCUT2D eigenvalue weighted by Crippen LogP contribution is 2.29. The number of benzene rings is 2. The topological polar surface area (TPSA) is 72.9 Å². The number of carboxylic acids is 1. The summed E-state index contributed by atoms with van der Waals surface area (Å²) >= 11 is 0. The normalized spacial score (nSPS) is 14.7. The number of hydrogen-bond acceptors (Lipinski definition) is 4. The number of hydrogen-bond donors (Lipinski definition) is 2. The van der Waals surface area contributed by atoms with Gasteiger partial charge in [-0.05, 0) is 35.9 Å². The van der Waals surface area contributed by atoms with Crippen LogP contribution in [0.1, 0.15) is 29.3 Å². The molecule has 2 aromatic rings. The van der Waals surface area contributed by atoms with Crippen LogP contribution in [-0.4, -0.2) is 48.1 Å². The first-order chi connectivity index (χ1) is 13.5. The van der Waals surface area contributed by atoms with Gasteiger partial charge in [-0.25, -0.2) is 9.18 Å². The van der Waals surface area contributed by atoms with E-state index in [1.807, 2.05) is 6.07 Å². The van der Waals surface area contributed by atoms with E-state index in [1.165, 1.54) is 12.1 Å². The molecule has 0 spiro atoms. The number of amides is 1. The van der Waals surface area contributed by atoms with Gasteiger partial charge >= 0.3 is 5.97 Å². The van der Waals surface area contributed by atoms with Gasteiger partial charge in [-0.1, -0.05) is 19.1 Å². The van der Waals surface area contributed by atoms with Gasteiger partial charge in [0.2, 0.25) is 5.91 Å². The third-order valence-corrected chi connectivity index (χ3v) is 4.85. The van der Waals surface area contributed by atoms with Crippen molar-refractivity contribution >= 4 is 23.3 Å².